The third kappa shape index (κ3) is 2.37. The molecule has 0 fully saturated rings. The van der Waals surface area contributed by atoms with Gasteiger partial charge in [0.2, 0.25) is 5.91 Å². The molecule has 20 heavy (non-hydrogen) atoms. The van der Waals surface area contributed by atoms with E-state index in [0.717, 1.165) is 35.5 Å². The molecule has 0 saturated carbocycles. The van der Waals surface area contributed by atoms with E-state index >= 15 is 0 Å². The molecule has 1 atom stereocenters. The lowest BCUT2D eigenvalue weighted by Gasteiger charge is -2.26. The lowest BCUT2D eigenvalue weighted by molar-refractivity contribution is -0.117. The van der Waals surface area contributed by atoms with Crippen LogP contribution in [0.2, 0.25) is 0 Å². The van der Waals surface area contributed by atoms with Crippen LogP contribution < -0.4 is 10.6 Å². The van der Waals surface area contributed by atoms with Crippen LogP contribution in [0, 0.1) is 6.92 Å². The maximum absolute atomic E-state index is 12.5. The first-order chi connectivity index (χ1) is 9.75. The molecule has 4 heteroatoms. The van der Waals surface area contributed by atoms with Gasteiger partial charge in [-0.1, -0.05) is 18.2 Å². The van der Waals surface area contributed by atoms with Crippen molar-refractivity contribution in [2.75, 3.05) is 17.2 Å². The zero-order valence-corrected chi connectivity index (χ0v) is 11.4. The summed E-state index contributed by atoms with van der Waals surface area (Å²) in [5, 5.41) is 6.32. The van der Waals surface area contributed by atoms with Gasteiger partial charge in [0.1, 0.15) is 0 Å². The Morgan fingerprint density at radius 2 is 2.20 bits per heavy atom. The van der Waals surface area contributed by atoms with Gasteiger partial charge in [0.25, 0.3) is 0 Å². The monoisotopic (exact) mass is 267 g/mol. The average molecular weight is 267 g/mol. The van der Waals surface area contributed by atoms with Gasteiger partial charge in [0, 0.05) is 18.4 Å². The van der Waals surface area contributed by atoms with Gasteiger partial charge in [-0.3, -0.25) is 9.78 Å². The highest BCUT2D eigenvalue weighted by Crippen LogP contribution is 2.32. The summed E-state index contributed by atoms with van der Waals surface area (Å²) in [6, 6.07) is 9.89. The molecule has 1 aliphatic rings. The molecule has 102 valence electrons. The van der Waals surface area contributed by atoms with Gasteiger partial charge in [-0.25, -0.2) is 0 Å². The molecule has 2 N–H and O–H groups in total. The summed E-state index contributed by atoms with van der Waals surface area (Å²) in [6.45, 7) is 2.79. The van der Waals surface area contributed by atoms with Gasteiger partial charge in [-0.15, -0.1) is 0 Å². The van der Waals surface area contributed by atoms with E-state index in [-0.39, 0.29) is 11.8 Å². The fraction of sp³-hybridized carbons (Fsp3) is 0.250. The van der Waals surface area contributed by atoms with Crippen LogP contribution >= 0.6 is 0 Å². The molecule has 2 aromatic rings. The van der Waals surface area contributed by atoms with Gasteiger partial charge in [-0.2, -0.15) is 0 Å². The van der Waals surface area contributed by atoms with Crippen LogP contribution in [0.3, 0.4) is 0 Å². The number of aryl methyl sites for hydroxylation is 1. The van der Waals surface area contributed by atoms with E-state index in [4.69, 9.17) is 0 Å². The summed E-state index contributed by atoms with van der Waals surface area (Å²) in [6.07, 6.45) is 4.23. The lowest BCUT2D eigenvalue weighted by Crippen LogP contribution is -2.27. The Labute approximate surface area is 118 Å². The summed E-state index contributed by atoms with van der Waals surface area (Å²) >= 11 is 0. The molecule has 4 nitrogen and oxygen atoms in total. The van der Waals surface area contributed by atoms with E-state index in [1.165, 1.54) is 0 Å². The number of anilines is 2. The predicted molar refractivity (Wildman–Crippen MR) is 79.9 cm³/mol. The van der Waals surface area contributed by atoms with Crippen LogP contribution in [-0.2, 0) is 4.79 Å². The first-order valence-corrected chi connectivity index (χ1v) is 6.80. The van der Waals surface area contributed by atoms with Crippen molar-refractivity contribution in [1.29, 1.82) is 0 Å². The van der Waals surface area contributed by atoms with Gasteiger partial charge >= 0.3 is 0 Å². The fourth-order valence-electron chi connectivity index (χ4n) is 2.56. The normalized spacial score (nSPS) is 16.9. The predicted octanol–water partition coefficient (Wildman–Crippen LogP) is 2.93. The molecule has 0 spiro atoms. The standard InChI is InChI=1S/C16H17N3O/c1-11-6-8-17-10-15(11)19-16(20)13-7-9-18-14-5-3-2-4-12(13)14/h2-6,8,10,13,18H,7,9H2,1H3,(H,19,20). The molecule has 0 saturated heterocycles. The number of carbonyl (C=O) groups is 1. The third-order valence-corrected chi connectivity index (χ3v) is 3.70. The first-order valence-electron chi connectivity index (χ1n) is 6.80. The SMILES string of the molecule is Cc1ccncc1NC(=O)C1CCNc2ccccc21. The Morgan fingerprint density at radius 1 is 1.35 bits per heavy atom. The van der Waals surface area contributed by atoms with E-state index < -0.39 is 0 Å². The highest BCUT2D eigenvalue weighted by Gasteiger charge is 2.26. The van der Waals surface area contributed by atoms with Crippen LogP contribution in [0.15, 0.2) is 42.7 Å². The van der Waals surface area contributed by atoms with Crippen molar-refractivity contribution in [3.63, 3.8) is 0 Å². The van der Waals surface area contributed by atoms with Crippen molar-refractivity contribution >= 4 is 17.3 Å². The lowest BCUT2D eigenvalue weighted by atomic mass is 9.90. The molecule has 0 radical (unpaired) electrons. The second-order valence-electron chi connectivity index (χ2n) is 5.04. The highest BCUT2D eigenvalue weighted by molar-refractivity contribution is 5.97. The van der Waals surface area contributed by atoms with E-state index in [1.807, 2.05) is 37.3 Å². The van der Waals surface area contributed by atoms with Crippen molar-refractivity contribution < 1.29 is 4.79 Å². The van der Waals surface area contributed by atoms with Crippen LogP contribution in [0.1, 0.15) is 23.5 Å². The Morgan fingerprint density at radius 3 is 3.05 bits per heavy atom. The van der Waals surface area contributed by atoms with Crippen LogP contribution in [0.5, 0.6) is 0 Å². The maximum Gasteiger partial charge on any atom is 0.232 e. The molecule has 1 aliphatic heterocycles. The number of pyridine rings is 1. The van der Waals surface area contributed by atoms with E-state index in [9.17, 15) is 4.79 Å². The minimum absolute atomic E-state index is 0.0371. The van der Waals surface area contributed by atoms with Gasteiger partial charge in [-0.05, 0) is 36.6 Å². The number of benzene rings is 1. The minimum Gasteiger partial charge on any atom is -0.385 e. The molecule has 0 aliphatic carbocycles. The van der Waals surface area contributed by atoms with Crippen molar-refractivity contribution in [1.82, 2.24) is 4.98 Å². The summed E-state index contributed by atoms with van der Waals surface area (Å²) in [5.74, 6) is -0.0675. The van der Waals surface area contributed by atoms with Crippen molar-refractivity contribution in [2.24, 2.45) is 0 Å². The van der Waals surface area contributed by atoms with Crippen molar-refractivity contribution in [3.8, 4) is 0 Å². The fourth-order valence-corrected chi connectivity index (χ4v) is 2.56. The molecule has 2 heterocycles. The highest BCUT2D eigenvalue weighted by atomic mass is 16.1. The maximum atomic E-state index is 12.5. The van der Waals surface area contributed by atoms with Gasteiger partial charge in [0.15, 0.2) is 0 Å². The molecular formula is C16H17N3O. The number of rotatable bonds is 2. The largest absolute Gasteiger partial charge is 0.385 e. The molecule has 1 aromatic carbocycles. The number of aromatic nitrogens is 1. The van der Waals surface area contributed by atoms with Gasteiger partial charge in [0.05, 0.1) is 17.8 Å². The van der Waals surface area contributed by atoms with E-state index in [1.54, 1.807) is 12.4 Å². The van der Waals surface area contributed by atoms with Crippen LogP contribution in [0.4, 0.5) is 11.4 Å². The summed E-state index contributed by atoms with van der Waals surface area (Å²) < 4.78 is 0. The molecule has 3 rings (SSSR count). The summed E-state index contributed by atoms with van der Waals surface area (Å²) in [4.78, 5) is 16.6. The average Bonchev–Trinajstić information content (AvgIpc) is 2.49. The number of hydrogen-bond donors (Lipinski definition) is 2. The smallest absolute Gasteiger partial charge is 0.232 e. The zero-order valence-electron chi connectivity index (χ0n) is 11.4. The summed E-state index contributed by atoms with van der Waals surface area (Å²) in [7, 11) is 0. The Balaban J connectivity index is 1.84. The number of carbonyl (C=O) groups excluding carboxylic acids is 1. The molecule has 1 amide bonds. The number of nitrogens with zero attached hydrogens (tertiary/aromatic N) is 1. The van der Waals surface area contributed by atoms with Crippen molar-refractivity contribution in [2.45, 2.75) is 19.3 Å². The summed E-state index contributed by atoms with van der Waals surface area (Å²) in [5.41, 5.74) is 3.93. The van der Waals surface area contributed by atoms with Crippen LogP contribution in [0.25, 0.3) is 0 Å². The minimum atomic E-state index is -0.105. The number of hydrogen-bond acceptors (Lipinski definition) is 3. The van der Waals surface area contributed by atoms with Crippen LogP contribution in [-0.4, -0.2) is 17.4 Å². The molecule has 0 bridgehead atoms. The number of para-hydroxylation sites is 1. The Bertz CT molecular complexity index is 639. The van der Waals surface area contributed by atoms with Crippen molar-refractivity contribution in [3.05, 3.63) is 53.9 Å². The van der Waals surface area contributed by atoms with E-state index in [2.05, 4.69) is 15.6 Å². The molecular weight excluding hydrogens is 250 g/mol. The van der Waals surface area contributed by atoms with Gasteiger partial charge < -0.3 is 10.6 Å². The number of nitrogens with one attached hydrogen (secondary N) is 2. The molecule has 1 unspecified atom stereocenters. The number of amides is 1. The second-order valence-corrected chi connectivity index (χ2v) is 5.04. The molecule has 1 aromatic heterocycles. The number of fused-ring (bicyclic) bond motifs is 1. The topological polar surface area (TPSA) is 54.0 Å². The second kappa shape index (κ2) is 5.33. The zero-order chi connectivity index (χ0) is 13.9. The Hall–Kier alpha value is -2.36. The first kappa shape index (κ1) is 12.7. The van der Waals surface area contributed by atoms with E-state index in [0.29, 0.717) is 0 Å². The third-order valence-electron chi connectivity index (χ3n) is 3.70. The Kier molecular flexibility index (Phi) is 3.37. The quantitative estimate of drug-likeness (QED) is 0.879.